The van der Waals surface area contributed by atoms with Crippen LogP contribution in [0.1, 0.15) is 34.2 Å². The number of rotatable bonds is 6. The second-order valence-electron chi connectivity index (χ2n) is 4.85. The summed E-state index contributed by atoms with van der Waals surface area (Å²) in [7, 11) is 1.50. The number of halogens is 1. The summed E-state index contributed by atoms with van der Waals surface area (Å²) >= 11 is 3.23. The van der Waals surface area contributed by atoms with Gasteiger partial charge in [0.05, 0.1) is 13.7 Å². The van der Waals surface area contributed by atoms with Gasteiger partial charge in [0.15, 0.2) is 11.5 Å². The Labute approximate surface area is 147 Å². The average molecular weight is 396 g/mol. The topological polar surface area (TPSA) is 92.5 Å². The van der Waals surface area contributed by atoms with Crippen LogP contribution in [0.4, 0.5) is 0 Å². The number of benzene rings is 1. The fourth-order valence-corrected chi connectivity index (χ4v) is 2.24. The van der Waals surface area contributed by atoms with E-state index in [1.54, 1.807) is 30.5 Å². The van der Waals surface area contributed by atoms with Gasteiger partial charge >= 0.3 is 0 Å². The van der Waals surface area contributed by atoms with Crippen molar-refractivity contribution in [3.05, 3.63) is 46.2 Å². The predicted molar refractivity (Wildman–Crippen MR) is 92.2 cm³/mol. The summed E-state index contributed by atoms with van der Waals surface area (Å²) in [6, 6.07) is 6.41. The fraction of sp³-hybridized carbons (Fsp3) is 0.250. The molecule has 2 amide bonds. The van der Waals surface area contributed by atoms with E-state index in [2.05, 4.69) is 31.8 Å². The molecule has 3 N–H and O–H groups in total. The molecule has 0 saturated heterocycles. The first-order valence-corrected chi connectivity index (χ1v) is 8.10. The van der Waals surface area contributed by atoms with Crippen LogP contribution in [0.5, 0.6) is 11.5 Å². The van der Waals surface area contributed by atoms with Crippen LogP contribution >= 0.6 is 15.9 Å². The first-order valence-electron chi connectivity index (χ1n) is 7.30. The van der Waals surface area contributed by atoms with Crippen LogP contribution in [-0.4, -0.2) is 30.5 Å². The Balaban J connectivity index is 2.00. The zero-order valence-electron chi connectivity index (χ0n) is 13.3. The molecule has 0 atom stereocenters. The largest absolute Gasteiger partial charge is 0.493 e. The number of H-pyrrole nitrogens is 1. The molecule has 0 aliphatic heterocycles. The molecule has 128 valence electrons. The molecule has 2 rings (SSSR count). The number of hydrazine groups is 1. The maximum atomic E-state index is 12.1. The number of aromatic nitrogens is 1. The number of hydrogen-bond acceptors (Lipinski definition) is 4. The van der Waals surface area contributed by atoms with E-state index in [0.717, 1.165) is 10.9 Å². The molecular weight excluding hydrogens is 378 g/mol. The first-order chi connectivity index (χ1) is 11.5. The van der Waals surface area contributed by atoms with Crippen LogP contribution in [0.15, 0.2) is 34.9 Å². The monoisotopic (exact) mass is 395 g/mol. The normalized spacial score (nSPS) is 10.1. The second-order valence-corrected chi connectivity index (χ2v) is 5.77. The number of aromatic amines is 1. The third kappa shape index (κ3) is 4.51. The van der Waals surface area contributed by atoms with Crippen LogP contribution in [0.2, 0.25) is 0 Å². The minimum atomic E-state index is -0.464. The molecule has 1 heterocycles. The Morgan fingerprint density at radius 2 is 1.92 bits per heavy atom. The predicted octanol–water partition coefficient (Wildman–Crippen LogP) is 2.65. The van der Waals surface area contributed by atoms with Crippen molar-refractivity contribution in [2.75, 3.05) is 13.7 Å². The summed E-state index contributed by atoms with van der Waals surface area (Å²) in [6.07, 6.45) is 2.49. The maximum Gasteiger partial charge on any atom is 0.286 e. The third-order valence-electron chi connectivity index (χ3n) is 3.07. The molecule has 1 aromatic carbocycles. The van der Waals surface area contributed by atoms with Gasteiger partial charge in [0.1, 0.15) is 5.69 Å². The minimum absolute atomic E-state index is 0.322. The number of methoxy groups -OCH3 is 1. The number of carbonyl (C=O) groups excluding carboxylic acids is 2. The number of carbonyl (C=O) groups is 2. The van der Waals surface area contributed by atoms with E-state index in [1.165, 1.54) is 7.11 Å². The van der Waals surface area contributed by atoms with Gasteiger partial charge in [0.25, 0.3) is 11.8 Å². The van der Waals surface area contributed by atoms with Gasteiger partial charge in [-0.25, -0.2) is 0 Å². The summed E-state index contributed by atoms with van der Waals surface area (Å²) in [6.45, 7) is 2.56. The number of hydrogen-bond donors (Lipinski definition) is 3. The Morgan fingerprint density at radius 3 is 2.54 bits per heavy atom. The van der Waals surface area contributed by atoms with Crippen molar-refractivity contribution in [3.8, 4) is 11.5 Å². The van der Waals surface area contributed by atoms with Crippen molar-refractivity contribution in [2.24, 2.45) is 0 Å². The van der Waals surface area contributed by atoms with E-state index in [1.807, 2.05) is 6.92 Å². The highest BCUT2D eigenvalue weighted by Gasteiger charge is 2.13. The molecule has 0 aliphatic carbocycles. The molecule has 24 heavy (non-hydrogen) atoms. The highest BCUT2D eigenvalue weighted by Crippen LogP contribution is 2.28. The molecule has 0 aliphatic rings. The molecule has 1 aromatic heterocycles. The summed E-state index contributed by atoms with van der Waals surface area (Å²) in [5, 5.41) is 0. The number of nitrogens with one attached hydrogen (secondary N) is 3. The summed E-state index contributed by atoms with van der Waals surface area (Å²) in [5.41, 5.74) is 5.34. The summed E-state index contributed by atoms with van der Waals surface area (Å²) in [4.78, 5) is 26.8. The van der Waals surface area contributed by atoms with Crippen LogP contribution in [0.3, 0.4) is 0 Å². The van der Waals surface area contributed by atoms with Crippen molar-refractivity contribution in [1.29, 1.82) is 0 Å². The van der Waals surface area contributed by atoms with E-state index in [-0.39, 0.29) is 0 Å². The van der Waals surface area contributed by atoms with E-state index in [0.29, 0.717) is 29.4 Å². The van der Waals surface area contributed by atoms with Crippen molar-refractivity contribution < 1.29 is 19.1 Å². The number of amides is 2. The second kappa shape index (κ2) is 8.39. The van der Waals surface area contributed by atoms with Gasteiger partial charge in [-0.3, -0.25) is 20.4 Å². The van der Waals surface area contributed by atoms with Gasteiger partial charge in [0.2, 0.25) is 0 Å². The molecule has 0 radical (unpaired) electrons. The molecule has 0 bridgehead atoms. The maximum absolute atomic E-state index is 12.1. The highest BCUT2D eigenvalue weighted by molar-refractivity contribution is 9.10. The lowest BCUT2D eigenvalue weighted by Crippen LogP contribution is -2.41. The van der Waals surface area contributed by atoms with Crippen molar-refractivity contribution >= 4 is 27.7 Å². The van der Waals surface area contributed by atoms with Crippen molar-refractivity contribution in [3.63, 3.8) is 0 Å². The number of ether oxygens (including phenoxy) is 2. The summed E-state index contributed by atoms with van der Waals surface area (Å²) < 4.78 is 11.5. The summed E-state index contributed by atoms with van der Waals surface area (Å²) in [5.74, 6) is 0.102. The van der Waals surface area contributed by atoms with Crippen LogP contribution in [0, 0.1) is 0 Å². The lowest BCUT2D eigenvalue weighted by Gasteiger charge is -2.12. The van der Waals surface area contributed by atoms with E-state index < -0.39 is 11.8 Å². The van der Waals surface area contributed by atoms with Crippen LogP contribution in [0.25, 0.3) is 0 Å². The molecule has 0 saturated carbocycles. The lowest BCUT2D eigenvalue weighted by atomic mass is 10.2. The smallest absolute Gasteiger partial charge is 0.286 e. The Hall–Kier alpha value is -2.48. The van der Waals surface area contributed by atoms with Crippen LogP contribution in [-0.2, 0) is 0 Å². The zero-order valence-corrected chi connectivity index (χ0v) is 14.9. The van der Waals surface area contributed by atoms with Gasteiger partial charge < -0.3 is 14.5 Å². The van der Waals surface area contributed by atoms with E-state index in [9.17, 15) is 9.59 Å². The van der Waals surface area contributed by atoms with E-state index >= 15 is 0 Å². The standard InChI is InChI=1S/C16H18BrN3O4/c1-3-6-24-13-5-4-10(7-14(13)23-2)15(21)19-20-16(22)12-8-11(17)9-18-12/h4-5,7-9,18H,3,6H2,1-2H3,(H,19,21)(H,20,22). The molecule has 0 unspecified atom stereocenters. The van der Waals surface area contributed by atoms with Gasteiger partial charge in [-0.15, -0.1) is 0 Å². The molecule has 0 spiro atoms. The Morgan fingerprint density at radius 1 is 1.17 bits per heavy atom. The Kier molecular flexibility index (Phi) is 6.25. The molecule has 2 aromatic rings. The van der Waals surface area contributed by atoms with Crippen molar-refractivity contribution in [2.45, 2.75) is 13.3 Å². The minimum Gasteiger partial charge on any atom is -0.493 e. The SMILES string of the molecule is CCCOc1ccc(C(=O)NNC(=O)c2cc(Br)c[nH]2)cc1OC. The Bertz CT molecular complexity index is 730. The van der Waals surface area contributed by atoms with Gasteiger partial charge in [0, 0.05) is 16.2 Å². The molecule has 7 nitrogen and oxygen atoms in total. The highest BCUT2D eigenvalue weighted by atomic mass is 79.9. The quantitative estimate of drug-likeness (QED) is 0.655. The van der Waals surface area contributed by atoms with Gasteiger partial charge in [-0.05, 0) is 46.6 Å². The first kappa shape index (κ1) is 17.9. The molecule has 8 heteroatoms. The fourth-order valence-electron chi connectivity index (χ4n) is 1.89. The third-order valence-corrected chi connectivity index (χ3v) is 3.53. The van der Waals surface area contributed by atoms with Crippen LogP contribution < -0.4 is 20.3 Å². The average Bonchev–Trinajstić information content (AvgIpc) is 3.03. The van der Waals surface area contributed by atoms with E-state index in [4.69, 9.17) is 9.47 Å². The molecule has 0 fully saturated rings. The van der Waals surface area contributed by atoms with Gasteiger partial charge in [-0.1, -0.05) is 6.92 Å². The van der Waals surface area contributed by atoms with Gasteiger partial charge in [-0.2, -0.15) is 0 Å². The van der Waals surface area contributed by atoms with Crippen molar-refractivity contribution in [1.82, 2.24) is 15.8 Å². The zero-order chi connectivity index (χ0) is 17.5. The molecular formula is C16H18BrN3O4. The lowest BCUT2D eigenvalue weighted by molar-refractivity contribution is 0.0844.